The molecule has 0 saturated heterocycles. The zero-order valence-corrected chi connectivity index (χ0v) is 37.4. The minimum atomic E-state index is 0.936. The molecule has 0 saturated carbocycles. The summed E-state index contributed by atoms with van der Waals surface area (Å²) in [6, 6.07) is 91.0. The molecular formula is C63H43N3S. The topological polar surface area (TPSA) is 9.72 Å². The summed E-state index contributed by atoms with van der Waals surface area (Å²) in [5.41, 5.74) is 17.9. The van der Waals surface area contributed by atoms with Crippen LogP contribution in [0.4, 0.5) is 51.2 Å². The number of rotatable bonds is 7. The molecule has 11 aromatic rings. The molecule has 0 N–H and O–H groups in total. The van der Waals surface area contributed by atoms with E-state index in [-0.39, 0.29) is 0 Å². The summed E-state index contributed by atoms with van der Waals surface area (Å²) in [6.45, 7) is 0. The van der Waals surface area contributed by atoms with Gasteiger partial charge < -0.3 is 14.7 Å². The number of anilines is 9. The van der Waals surface area contributed by atoms with Gasteiger partial charge in [-0.15, -0.1) is 0 Å². The van der Waals surface area contributed by atoms with Gasteiger partial charge in [0.15, 0.2) is 0 Å². The fraction of sp³-hybridized carbons (Fsp3) is 0.0159. The SMILES string of the molecule is c1cc(-c2ccc(N(c3ccc(-c4cccc(N5c6ccccc6Sc6ccccc65)c4)cc3)c3cc4ccccc4c4ccccc34)cc2)cc(N2c3ccccc3Cc3ccccc32)c1. The molecule has 316 valence electrons. The molecule has 2 heterocycles. The van der Waals surface area contributed by atoms with E-state index in [2.05, 4.69) is 263 Å². The first-order valence-corrected chi connectivity index (χ1v) is 23.8. The number of nitrogens with zero attached hydrogens (tertiary/aromatic N) is 3. The highest BCUT2D eigenvalue weighted by Crippen LogP contribution is 2.52. The van der Waals surface area contributed by atoms with Gasteiger partial charge >= 0.3 is 0 Å². The number of hydrogen-bond donors (Lipinski definition) is 0. The Morgan fingerprint density at radius 3 is 1.34 bits per heavy atom. The highest BCUT2D eigenvalue weighted by molar-refractivity contribution is 7.99. The quantitative estimate of drug-likeness (QED) is 0.148. The number of fused-ring (bicyclic) bond motifs is 7. The van der Waals surface area contributed by atoms with Gasteiger partial charge in [0.1, 0.15) is 0 Å². The van der Waals surface area contributed by atoms with Gasteiger partial charge in [-0.3, -0.25) is 0 Å². The first kappa shape index (κ1) is 39.1. The largest absolute Gasteiger partial charge is 0.310 e. The lowest BCUT2D eigenvalue weighted by Gasteiger charge is -2.33. The zero-order chi connectivity index (χ0) is 44.3. The van der Waals surface area contributed by atoms with Crippen molar-refractivity contribution < 1.29 is 0 Å². The lowest BCUT2D eigenvalue weighted by Crippen LogP contribution is -2.18. The van der Waals surface area contributed by atoms with Crippen LogP contribution in [0.5, 0.6) is 0 Å². The van der Waals surface area contributed by atoms with Crippen molar-refractivity contribution in [1.82, 2.24) is 0 Å². The van der Waals surface area contributed by atoms with Crippen LogP contribution in [0.15, 0.2) is 259 Å². The molecule has 0 bridgehead atoms. The molecule has 3 nitrogen and oxygen atoms in total. The Balaban J connectivity index is 0.892. The molecule has 0 unspecified atom stereocenters. The summed E-state index contributed by atoms with van der Waals surface area (Å²) in [7, 11) is 0. The van der Waals surface area contributed by atoms with Crippen LogP contribution >= 0.6 is 11.8 Å². The van der Waals surface area contributed by atoms with Crippen molar-refractivity contribution >= 4 is 84.5 Å². The van der Waals surface area contributed by atoms with Crippen LogP contribution in [0.2, 0.25) is 0 Å². The number of hydrogen-bond acceptors (Lipinski definition) is 4. The fourth-order valence-corrected chi connectivity index (χ4v) is 11.3. The second kappa shape index (κ2) is 16.3. The molecule has 0 radical (unpaired) electrons. The van der Waals surface area contributed by atoms with E-state index in [0.29, 0.717) is 0 Å². The van der Waals surface area contributed by atoms with Crippen molar-refractivity contribution in [2.45, 2.75) is 16.2 Å². The summed E-state index contributed by atoms with van der Waals surface area (Å²) in [5, 5.41) is 4.91. The average molecular weight is 874 g/mol. The van der Waals surface area contributed by atoms with Gasteiger partial charge in [0, 0.05) is 55.7 Å². The third-order valence-electron chi connectivity index (χ3n) is 13.4. The maximum atomic E-state index is 2.43. The van der Waals surface area contributed by atoms with Gasteiger partial charge in [-0.2, -0.15) is 0 Å². The van der Waals surface area contributed by atoms with Crippen LogP contribution in [0, 0.1) is 0 Å². The lowest BCUT2D eigenvalue weighted by molar-refractivity contribution is 1.09. The summed E-state index contributed by atoms with van der Waals surface area (Å²) in [4.78, 5) is 9.76. The molecule has 0 fully saturated rings. The van der Waals surface area contributed by atoms with E-state index in [4.69, 9.17) is 0 Å². The average Bonchev–Trinajstić information content (AvgIpc) is 3.40. The van der Waals surface area contributed by atoms with E-state index in [9.17, 15) is 0 Å². The van der Waals surface area contributed by atoms with Gasteiger partial charge in [0.25, 0.3) is 0 Å². The van der Waals surface area contributed by atoms with E-state index in [1.807, 2.05) is 11.8 Å². The van der Waals surface area contributed by atoms with E-state index >= 15 is 0 Å². The van der Waals surface area contributed by atoms with Crippen LogP contribution in [-0.4, -0.2) is 0 Å². The van der Waals surface area contributed by atoms with Gasteiger partial charge in [0.05, 0.1) is 17.1 Å². The van der Waals surface area contributed by atoms with Crippen LogP contribution in [-0.2, 0) is 6.42 Å². The minimum Gasteiger partial charge on any atom is -0.310 e. The second-order valence-corrected chi connectivity index (χ2v) is 18.4. The molecule has 0 spiro atoms. The van der Waals surface area contributed by atoms with E-state index < -0.39 is 0 Å². The molecule has 67 heavy (non-hydrogen) atoms. The maximum absolute atomic E-state index is 2.43. The van der Waals surface area contributed by atoms with Crippen molar-refractivity contribution in [2.75, 3.05) is 14.7 Å². The minimum absolute atomic E-state index is 0.936. The predicted octanol–water partition coefficient (Wildman–Crippen LogP) is 18.1. The van der Waals surface area contributed by atoms with Crippen molar-refractivity contribution in [3.8, 4) is 22.3 Å². The first-order chi connectivity index (χ1) is 33.2. The Bertz CT molecular complexity index is 3400. The standard InChI is InChI=1S/C63H43N3S/c1-4-22-54-47(15-1)42-61(56-24-6-5-23-55(54)56)64(50-35-31-43(32-36-50)45-18-13-20-52(40-45)65-57-25-7-2-16-48(57)39-49-17-3-8-26-58(49)65)51-37-33-44(34-38-51)46-19-14-21-53(41-46)66-59-27-9-11-29-62(59)67-63-30-12-10-28-60(63)66/h1-38,40-42H,39H2. The monoisotopic (exact) mass is 873 g/mol. The van der Waals surface area contributed by atoms with Crippen molar-refractivity contribution in [2.24, 2.45) is 0 Å². The normalized spacial score (nSPS) is 12.6. The van der Waals surface area contributed by atoms with Gasteiger partial charge in [-0.25, -0.2) is 0 Å². The zero-order valence-electron chi connectivity index (χ0n) is 36.6. The Labute approximate surface area is 395 Å². The number of benzene rings is 11. The Morgan fingerprint density at radius 1 is 0.328 bits per heavy atom. The second-order valence-electron chi connectivity index (χ2n) is 17.3. The van der Waals surface area contributed by atoms with Crippen molar-refractivity contribution in [3.05, 3.63) is 260 Å². The predicted molar refractivity (Wildman–Crippen MR) is 283 cm³/mol. The molecule has 2 aliphatic rings. The van der Waals surface area contributed by atoms with Gasteiger partial charge in [-0.05, 0) is 141 Å². The highest BCUT2D eigenvalue weighted by Gasteiger charge is 2.26. The smallest absolute Gasteiger partial charge is 0.0601 e. The molecule has 0 atom stereocenters. The molecule has 0 aliphatic carbocycles. The molecule has 13 rings (SSSR count). The fourth-order valence-electron chi connectivity index (χ4n) is 10.3. The van der Waals surface area contributed by atoms with Gasteiger partial charge in [-0.1, -0.05) is 169 Å². The Morgan fingerprint density at radius 2 is 0.776 bits per heavy atom. The Hall–Kier alpha value is -8.31. The van der Waals surface area contributed by atoms with E-state index in [0.717, 1.165) is 40.4 Å². The van der Waals surface area contributed by atoms with E-state index in [1.54, 1.807) is 0 Å². The number of para-hydroxylation sites is 4. The lowest BCUT2D eigenvalue weighted by atomic mass is 9.94. The molecule has 4 heteroatoms. The van der Waals surface area contributed by atoms with Crippen molar-refractivity contribution in [1.29, 1.82) is 0 Å². The summed E-state index contributed by atoms with van der Waals surface area (Å²) in [6.07, 6.45) is 0.936. The molecule has 0 aromatic heterocycles. The van der Waals surface area contributed by atoms with Crippen molar-refractivity contribution in [3.63, 3.8) is 0 Å². The van der Waals surface area contributed by atoms with Crippen LogP contribution in [0.3, 0.4) is 0 Å². The maximum Gasteiger partial charge on any atom is 0.0601 e. The van der Waals surface area contributed by atoms with Crippen LogP contribution < -0.4 is 14.7 Å². The van der Waals surface area contributed by atoms with Crippen LogP contribution in [0.1, 0.15) is 11.1 Å². The van der Waals surface area contributed by atoms with Crippen LogP contribution in [0.25, 0.3) is 43.8 Å². The summed E-state index contributed by atoms with van der Waals surface area (Å²) < 4.78 is 0. The molecule has 0 amide bonds. The molecule has 2 aliphatic heterocycles. The summed E-state index contributed by atoms with van der Waals surface area (Å²) in [5.74, 6) is 0. The van der Waals surface area contributed by atoms with Gasteiger partial charge in [0.2, 0.25) is 0 Å². The third-order valence-corrected chi connectivity index (χ3v) is 14.5. The van der Waals surface area contributed by atoms with E-state index in [1.165, 1.54) is 81.9 Å². The third kappa shape index (κ3) is 6.84. The molecular weight excluding hydrogens is 831 g/mol. The Kier molecular flexibility index (Phi) is 9.50. The highest BCUT2D eigenvalue weighted by atomic mass is 32.2. The summed E-state index contributed by atoms with van der Waals surface area (Å²) >= 11 is 1.84. The molecule has 11 aromatic carbocycles. The first-order valence-electron chi connectivity index (χ1n) is 23.0.